The maximum atomic E-state index is 2.47. The molecule has 0 bridgehead atoms. The highest BCUT2D eigenvalue weighted by molar-refractivity contribution is 5.88. The summed E-state index contributed by atoms with van der Waals surface area (Å²) in [4.78, 5) is 2.38. The second-order valence-corrected chi connectivity index (χ2v) is 13.7. The van der Waals surface area contributed by atoms with E-state index in [9.17, 15) is 0 Å². The van der Waals surface area contributed by atoms with E-state index in [2.05, 4.69) is 195 Å². The maximum absolute atomic E-state index is 2.47. The van der Waals surface area contributed by atoms with Gasteiger partial charge in [-0.3, -0.25) is 0 Å². The van der Waals surface area contributed by atoms with Crippen molar-refractivity contribution in [1.82, 2.24) is 0 Å². The Bertz CT molecular complexity index is 2100. The average molecular weight is 604 g/mol. The minimum Gasteiger partial charge on any atom is -0.310 e. The highest BCUT2D eigenvalue weighted by atomic mass is 15.1. The van der Waals surface area contributed by atoms with Gasteiger partial charge in [0.2, 0.25) is 0 Å². The Balaban J connectivity index is 1.37. The van der Waals surface area contributed by atoms with Crippen molar-refractivity contribution in [3.8, 4) is 11.1 Å². The monoisotopic (exact) mass is 603 g/mol. The van der Waals surface area contributed by atoms with E-state index in [1.54, 1.807) is 0 Å². The predicted molar refractivity (Wildman–Crippen MR) is 196 cm³/mol. The molecule has 0 radical (unpaired) electrons. The molecule has 2 unspecified atom stereocenters. The molecule has 0 saturated carbocycles. The number of hydrogen-bond donors (Lipinski definition) is 0. The van der Waals surface area contributed by atoms with Crippen molar-refractivity contribution in [2.75, 3.05) is 4.90 Å². The highest BCUT2D eigenvalue weighted by Gasteiger charge is 2.53. The summed E-state index contributed by atoms with van der Waals surface area (Å²) in [6.07, 6.45) is 9.34. The molecular weight excluding hydrogens is 567 g/mol. The molecule has 6 aromatic rings. The van der Waals surface area contributed by atoms with Crippen molar-refractivity contribution in [3.05, 3.63) is 209 Å². The number of para-hydroxylation sites is 2. The smallest absolute Gasteiger partial charge is 0.0717 e. The minimum absolute atomic E-state index is 0.0466. The molecule has 1 nitrogen and oxygen atoms in total. The summed E-state index contributed by atoms with van der Waals surface area (Å²) >= 11 is 0. The summed E-state index contributed by atoms with van der Waals surface area (Å²) in [7, 11) is 0. The minimum atomic E-state index is -0.494. The van der Waals surface area contributed by atoms with Crippen molar-refractivity contribution in [1.29, 1.82) is 0 Å². The third-order valence-corrected chi connectivity index (χ3v) is 11.0. The normalized spacial score (nSPS) is 19.0. The van der Waals surface area contributed by atoms with Crippen molar-refractivity contribution in [2.45, 2.75) is 30.6 Å². The molecule has 1 heteroatoms. The molecule has 0 fully saturated rings. The summed E-state index contributed by atoms with van der Waals surface area (Å²) < 4.78 is 0. The Labute approximate surface area is 278 Å². The number of fused-ring (bicyclic) bond motifs is 6. The van der Waals surface area contributed by atoms with Gasteiger partial charge in [-0.05, 0) is 92.2 Å². The molecule has 0 heterocycles. The maximum Gasteiger partial charge on any atom is 0.0717 e. The fourth-order valence-electron chi connectivity index (χ4n) is 9.11. The van der Waals surface area contributed by atoms with Crippen molar-refractivity contribution in [2.24, 2.45) is 5.92 Å². The van der Waals surface area contributed by atoms with E-state index < -0.39 is 5.41 Å². The largest absolute Gasteiger partial charge is 0.310 e. The molecule has 0 amide bonds. The first-order valence-corrected chi connectivity index (χ1v) is 16.8. The van der Waals surface area contributed by atoms with Gasteiger partial charge in [-0.2, -0.15) is 0 Å². The summed E-state index contributed by atoms with van der Waals surface area (Å²) in [5, 5.41) is 0. The van der Waals surface area contributed by atoms with Gasteiger partial charge in [0.1, 0.15) is 0 Å². The van der Waals surface area contributed by atoms with Crippen molar-refractivity contribution in [3.63, 3.8) is 0 Å². The van der Waals surface area contributed by atoms with Gasteiger partial charge in [0, 0.05) is 23.0 Å². The van der Waals surface area contributed by atoms with E-state index in [1.807, 2.05) is 0 Å². The lowest BCUT2D eigenvalue weighted by atomic mass is 9.63. The summed E-state index contributed by atoms with van der Waals surface area (Å²) in [5.74, 6) is 0.803. The molecule has 0 aromatic heterocycles. The van der Waals surface area contributed by atoms with Crippen LogP contribution in [0.1, 0.15) is 53.1 Å². The average Bonchev–Trinajstić information content (AvgIpc) is 3.56. The lowest BCUT2D eigenvalue weighted by molar-refractivity contribution is 0.391. The Morgan fingerprint density at radius 1 is 0.489 bits per heavy atom. The van der Waals surface area contributed by atoms with Gasteiger partial charge < -0.3 is 4.90 Å². The van der Waals surface area contributed by atoms with Crippen LogP contribution in [0.4, 0.5) is 17.1 Å². The zero-order valence-corrected chi connectivity index (χ0v) is 26.8. The zero-order valence-electron chi connectivity index (χ0n) is 26.8. The third-order valence-electron chi connectivity index (χ3n) is 11.0. The van der Waals surface area contributed by atoms with Crippen LogP contribution in [0.25, 0.3) is 11.1 Å². The standard InChI is InChI=1S/C46H37N/c1-45(2)40-27-12-9-25-38(40)39-26-16-30-43(44(39)45)46(41-28-13-10-23-36(41)37-24-11-14-29-42(37)46)32-17-15-22-35(31-32)47(33-18-5-3-6-19-33)34-20-7-4-8-21-34/h3-31,38,40H,1-2H3. The fourth-order valence-corrected chi connectivity index (χ4v) is 9.11. The highest BCUT2D eigenvalue weighted by Crippen LogP contribution is 2.62. The van der Waals surface area contributed by atoms with E-state index in [0.717, 1.165) is 17.1 Å². The number of rotatable bonds is 5. The van der Waals surface area contributed by atoms with Crippen LogP contribution in [0.5, 0.6) is 0 Å². The van der Waals surface area contributed by atoms with Gasteiger partial charge >= 0.3 is 0 Å². The summed E-state index contributed by atoms with van der Waals surface area (Å²) in [6.45, 7) is 4.93. The van der Waals surface area contributed by atoms with E-state index in [0.29, 0.717) is 11.8 Å². The Morgan fingerprint density at radius 2 is 1.02 bits per heavy atom. The van der Waals surface area contributed by atoms with Gasteiger partial charge in [-0.15, -0.1) is 0 Å². The number of benzene rings is 6. The Hall–Kier alpha value is -5.40. The zero-order chi connectivity index (χ0) is 31.6. The van der Waals surface area contributed by atoms with Crippen LogP contribution in [-0.2, 0) is 10.8 Å². The van der Waals surface area contributed by atoms with E-state index >= 15 is 0 Å². The van der Waals surface area contributed by atoms with Crippen molar-refractivity contribution < 1.29 is 0 Å². The van der Waals surface area contributed by atoms with Gasteiger partial charge in [0.05, 0.1) is 5.41 Å². The SMILES string of the molecule is CC1(C)c2c(cccc2C2(c3cccc(N(c4ccccc4)c4ccccc4)c3)c3ccccc3-c3ccccc32)C2C=CC=CC21. The predicted octanol–water partition coefficient (Wildman–Crippen LogP) is 11.6. The van der Waals surface area contributed by atoms with Crippen LogP contribution in [0, 0.1) is 5.92 Å². The van der Waals surface area contributed by atoms with Gasteiger partial charge in [-0.25, -0.2) is 0 Å². The molecule has 0 aliphatic heterocycles. The van der Waals surface area contributed by atoms with Crippen LogP contribution in [0.3, 0.4) is 0 Å². The molecule has 9 rings (SSSR count). The third kappa shape index (κ3) is 3.96. The van der Waals surface area contributed by atoms with Gasteiger partial charge in [0.15, 0.2) is 0 Å². The molecule has 226 valence electrons. The fraction of sp³-hybridized carbons (Fsp3) is 0.130. The first-order valence-electron chi connectivity index (χ1n) is 16.8. The summed E-state index contributed by atoms with van der Waals surface area (Å²) in [6, 6.07) is 56.2. The van der Waals surface area contributed by atoms with Crippen LogP contribution >= 0.6 is 0 Å². The van der Waals surface area contributed by atoms with Crippen LogP contribution in [0.2, 0.25) is 0 Å². The quantitative estimate of drug-likeness (QED) is 0.189. The van der Waals surface area contributed by atoms with Crippen LogP contribution < -0.4 is 4.90 Å². The number of allylic oxidation sites excluding steroid dienone is 4. The first kappa shape index (κ1) is 27.9. The number of hydrogen-bond acceptors (Lipinski definition) is 1. The molecule has 3 aliphatic rings. The number of anilines is 3. The van der Waals surface area contributed by atoms with Crippen molar-refractivity contribution >= 4 is 17.1 Å². The van der Waals surface area contributed by atoms with E-state index in [1.165, 1.54) is 44.5 Å². The van der Waals surface area contributed by atoms with E-state index in [-0.39, 0.29) is 5.41 Å². The molecule has 3 aliphatic carbocycles. The molecule has 2 atom stereocenters. The van der Waals surface area contributed by atoms with Crippen LogP contribution in [-0.4, -0.2) is 0 Å². The second kappa shape index (κ2) is 10.6. The second-order valence-electron chi connectivity index (χ2n) is 13.7. The Kier molecular flexibility index (Phi) is 6.27. The lowest BCUT2D eigenvalue weighted by Crippen LogP contribution is -2.34. The van der Waals surface area contributed by atoms with E-state index in [4.69, 9.17) is 0 Å². The molecule has 0 N–H and O–H groups in total. The summed E-state index contributed by atoms with van der Waals surface area (Å²) in [5.41, 5.74) is 13.9. The molecule has 47 heavy (non-hydrogen) atoms. The lowest BCUT2D eigenvalue weighted by Gasteiger charge is -2.39. The topological polar surface area (TPSA) is 3.24 Å². The number of nitrogens with zero attached hydrogens (tertiary/aromatic N) is 1. The van der Waals surface area contributed by atoms with Gasteiger partial charge in [-0.1, -0.05) is 153 Å². The van der Waals surface area contributed by atoms with Gasteiger partial charge in [0.25, 0.3) is 0 Å². The molecule has 6 aromatic carbocycles. The Morgan fingerprint density at radius 3 is 1.68 bits per heavy atom. The van der Waals surface area contributed by atoms with Crippen LogP contribution in [0.15, 0.2) is 176 Å². The first-order chi connectivity index (χ1) is 23.1. The molecule has 0 spiro atoms. The molecule has 0 saturated heterocycles. The molecular formula is C46H37N.